The number of morpholine rings is 1. The van der Waals surface area contributed by atoms with Gasteiger partial charge < -0.3 is 19.1 Å². The Morgan fingerprint density at radius 3 is 2.76 bits per heavy atom. The van der Waals surface area contributed by atoms with Crippen LogP contribution in [0.2, 0.25) is 0 Å². The van der Waals surface area contributed by atoms with Gasteiger partial charge in [0.25, 0.3) is 5.88 Å². The molecule has 0 spiro atoms. The first kappa shape index (κ1) is 16.0. The van der Waals surface area contributed by atoms with Crippen molar-refractivity contribution in [2.24, 2.45) is 0 Å². The molecule has 1 saturated heterocycles. The Morgan fingerprint density at radius 1 is 1.38 bits per heavy atom. The van der Waals surface area contributed by atoms with Gasteiger partial charge in [0.2, 0.25) is 0 Å². The van der Waals surface area contributed by atoms with Crippen LogP contribution in [0.3, 0.4) is 0 Å². The van der Waals surface area contributed by atoms with Crippen LogP contribution < -0.4 is 9.64 Å². The number of hydrogen-bond donors (Lipinski definition) is 0. The molecule has 1 aromatic heterocycles. The van der Waals surface area contributed by atoms with Gasteiger partial charge in [0, 0.05) is 32.6 Å². The molecule has 0 amide bonds. The van der Waals surface area contributed by atoms with Crippen LogP contribution in [0.1, 0.15) is 27.7 Å². The lowest BCUT2D eigenvalue weighted by atomic mass is 10.1. The number of anilines is 1. The maximum Gasteiger partial charge on any atom is 0.257 e. The zero-order valence-electron chi connectivity index (χ0n) is 13.5. The molecule has 21 heavy (non-hydrogen) atoms. The molecule has 1 aromatic rings. The molecule has 1 fully saturated rings. The zero-order valence-corrected chi connectivity index (χ0v) is 13.5. The molecule has 0 aromatic carbocycles. The summed E-state index contributed by atoms with van der Waals surface area (Å²) in [4.78, 5) is 10.9. The summed E-state index contributed by atoms with van der Waals surface area (Å²) in [6, 6.07) is 0. The van der Waals surface area contributed by atoms with Crippen molar-refractivity contribution in [3.8, 4) is 5.88 Å². The van der Waals surface area contributed by atoms with E-state index >= 15 is 0 Å². The molecule has 0 bridgehead atoms. The minimum absolute atomic E-state index is 0.00709. The predicted octanol–water partition coefficient (Wildman–Crippen LogP) is 1.89. The SMILES string of the molecule is COCC1CN(c2nccnc2OC(C)C)CC(C)(C)O1. The van der Waals surface area contributed by atoms with Gasteiger partial charge in [-0.2, -0.15) is 0 Å². The van der Waals surface area contributed by atoms with Gasteiger partial charge in [0.1, 0.15) is 0 Å². The minimum Gasteiger partial charge on any atom is -0.472 e. The number of aromatic nitrogens is 2. The summed E-state index contributed by atoms with van der Waals surface area (Å²) < 4.78 is 17.0. The van der Waals surface area contributed by atoms with Crippen LogP contribution in [0, 0.1) is 0 Å². The van der Waals surface area contributed by atoms with E-state index in [4.69, 9.17) is 14.2 Å². The summed E-state index contributed by atoms with van der Waals surface area (Å²) in [6.07, 6.45) is 3.41. The molecule has 0 saturated carbocycles. The van der Waals surface area contributed by atoms with E-state index in [0.717, 1.165) is 12.4 Å². The molecule has 2 rings (SSSR count). The topological polar surface area (TPSA) is 56.7 Å². The maximum absolute atomic E-state index is 6.03. The van der Waals surface area contributed by atoms with Gasteiger partial charge in [-0.1, -0.05) is 0 Å². The Morgan fingerprint density at radius 2 is 2.10 bits per heavy atom. The van der Waals surface area contributed by atoms with Crippen molar-refractivity contribution in [2.45, 2.75) is 45.5 Å². The molecule has 2 heterocycles. The Balaban J connectivity index is 2.23. The van der Waals surface area contributed by atoms with E-state index in [-0.39, 0.29) is 17.8 Å². The molecular formula is C15H25N3O3. The summed E-state index contributed by atoms with van der Waals surface area (Å²) >= 11 is 0. The van der Waals surface area contributed by atoms with E-state index in [0.29, 0.717) is 19.0 Å². The molecule has 1 aliphatic rings. The Labute approximate surface area is 126 Å². The molecule has 118 valence electrons. The van der Waals surface area contributed by atoms with Gasteiger partial charge in [-0.15, -0.1) is 0 Å². The number of hydrogen-bond acceptors (Lipinski definition) is 6. The summed E-state index contributed by atoms with van der Waals surface area (Å²) in [6.45, 7) is 10.1. The van der Waals surface area contributed by atoms with Crippen molar-refractivity contribution in [3.63, 3.8) is 0 Å². The highest BCUT2D eigenvalue weighted by Gasteiger charge is 2.35. The zero-order chi connectivity index (χ0) is 15.5. The third-order valence-electron chi connectivity index (χ3n) is 3.13. The second kappa shape index (κ2) is 6.58. The maximum atomic E-state index is 6.03. The lowest BCUT2D eigenvalue weighted by Crippen LogP contribution is -2.54. The lowest BCUT2D eigenvalue weighted by Gasteiger charge is -2.43. The number of nitrogens with zero attached hydrogens (tertiary/aromatic N) is 3. The molecule has 0 aliphatic carbocycles. The quantitative estimate of drug-likeness (QED) is 0.827. The van der Waals surface area contributed by atoms with Gasteiger partial charge in [-0.3, -0.25) is 0 Å². The van der Waals surface area contributed by atoms with Crippen LogP contribution in [0.5, 0.6) is 5.88 Å². The standard InChI is InChI=1S/C15H25N3O3/c1-11(2)20-14-13(16-6-7-17-14)18-8-12(9-19-5)21-15(3,4)10-18/h6-7,11-12H,8-10H2,1-5H3. The summed E-state index contributed by atoms with van der Waals surface area (Å²) in [7, 11) is 1.69. The van der Waals surface area contributed by atoms with Crippen LogP contribution in [-0.4, -0.2) is 54.6 Å². The van der Waals surface area contributed by atoms with Crippen LogP contribution >= 0.6 is 0 Å². The third kappa shape index (κ3) is 4.28. The van der Waals surface area contributed by atoms with E-state index in [1.165, 1.54) is 0 Å². The Bertz CT molecular complexity index is 465. The van der Waals surface area contributed by atoms with Crippen molar-refractivity contribution in [1.82, 2.24) is 9.97 Å². The van der Waals surface area contributed by atoms with E-state index < -0.39 is 0 Å². The summed E-state index contributed by atoms with van der Waals surface area (Å²) in [5.41, 5.74) is -0.270. The monoisotopic (exact) mass is 295 g/mol. The first-order valence-electron chi connectivity index (χ1n) is 7.30. The Hall–Kier alpha value is -1.40. The molecule has 6 nitrogen and oxygen atoms in total. The second-order valence-electron chi connectivity index (χ2n) is 6.19. The molecule has 1 aliphatic heterocycles. The van der Waals surface area contributed by atoms with Crippen molar-refractivity contribution in [2.75, 3.05) is 31.7 Å². The van der Waals surface area contributed by atoms with Crippen LogP contribution in [0.4, 0.5) is 5.82 Å². The highest BCUT2D eigenvalue weighted by molar-refractivity contribution is 5.48. The highest BCUT2D eigenvalue weighted by atomic mass is 16.5. The fourth-order valence-electron chi connectivity index (χ4n) is 2.57. The normalized spacial score (nSPS) is 21.6. The second-order valence-corrected chi connectivity index (χ2v) is 6.19. The fraction of sp³-hybridized carbons (Fsp3) is 0.733. The van der Waals surface area contributed by atoms with Gasteiger partial charge >= 0.3 is 0 Å². The first-order valence-corrected chi connectivity index (χ1v) is 7.30. The molecule has 1 atom stereocenters. The Kier molecular flexibility index (Phi) is 5.00. The van der Waals surface area contributed by atoms with Crippen molar-refractivity contribution >= 4 is 5.82 Å². The van der Waals surface area contributed by atoms with E-state index in [9.17, 15) is 0 Å². The highest BCUT2D eigenvalue weighted by Crippen LogP contribution is 2.30. The fourth-order valence-corrected chi connectivity index (χ4v) is 2.57. The van der Waals surface area contributed by atoms with Gasteiger partial charge in [0.05, 0.1) is 24.4 Å². The number of methoxy groups -OCH3 is 1. The van der Waals surface area contributed by atoms with Crippen molar-refractivity contribution in [3.05, 3.63) is 12.4 Å². The van der Waals surface area contributed by atoms with Crippen LogP contribution in [0.15, 0.2) is 12.4 Å². The number of rotatable bonds is 5. The van der Waals surface area contributed by atoms with Gasteiger partial charge in [-0.25, -0.2) is 9.97 Å². The van der Waals surface area contributed by atoms with Gasteiger partial charge in [0.15, 0.2) is 5.82 Å². The van der Waals surface area contributed by atoms with Crippen LogP contribution in [0.25, 0.3) is 0 Å². The van der Waals surface area contributed by atoms with Crippen molar-refractivity contribution < 1.29 is 14.2 Å². The average Bonchev–Trinajstić information content (AvgIpc) is 2.37. The molecule has 0 N–H and O–H groups in total. The third-order valence-corrected chi connectivity index (χ3v) is 3.13. The average molecular weight is 295 g/mol. The van der Waals surface area contributed by atoms with E-state index in [1.807, 2.05) is 13.8 Å². The lowest BCUT2D eigenvalue weighted by molar-refractivity contribution is -0.106. The summed E-state index contributed by atoms with van der Waals surface area (Å²) in [5.74, 6) is 1.34. The predicted molar refractivity (Wildman–Crippen MR) is 80.8 cm³/mol. The summed E-state index contributed by atoms with van der Waals surface area (Å²) in [5, 5.41) is 0. The molecule has 6 heteroatoms. The van der Waals surface area contributed by atoms with Crippen LogP contribution in [-0.2, 0) is 9.47 Å². The minimum atomic E-state index is -0.270. The van der Waals surface area contributed by atoms with E-state index in [2.05, 4.69) is 28.7 Å². The molecular weight excluding hydrogens is 270 g/mol. The largest absolute Gasteiger partial charge is 0.472 e. The molecule has 1 unspecified atom stereocenters. The van der Waals surface area contributed by atoms with E-state index in [1.54, 1.807) is 19.5 Å². The van der Waals surface area contributed by atoms with Gasteiger partial charge in [-0.05, 0) is 27.7 Å². The van der Waals surface area contributed by atoms with Crippen molar-refractivity contribution in [1.29, 1.82) is 0 Å². The smallest absolute Gasteiger partial charge is 0.257 e. The molecule has 0 radical (unpaired) electrons. The first-order chi connectivity index (χ1) is 9.91. The number of ether oxygens (including phenoxy) is 3.